The first kappa shape index (κ1) is 28.8. The van der Waals surface area contributed by atoms with E-state index in [2.05, 4.69) is 124 Å². The number of anilines is 1. The lowest BCUT2D eigenvalue weighted by atomic mass is 9.64. The summed E-state index contributed by atoms with van der Waals surface area (Å²) in [5, 5.41) is 3.74. The Hall–Kier alpha value is -3.32. The minimum absolute atomic E-state index is 0.303. The van der Waals surface area contributed by atoms with Crippen LogP contribution in [-0.4, -0.2) is 0 Å². The monoisotopic (exact) mass is 555 g/mol. The van der Waals surface area contributed by atoms with Gasteiger partial charge in [-0.2, -0.15) is 0 Å². The van der Waals surface area contributed by atoms with Crippen molar-refractivity contribution in [3.63, 3.8) is 0 Å². The fraction of sp³-hybridized carbons (Fsp3) is 0.415. The molecule has 0 radical (unpaired) electrons. The van der Waals surface area contributed by atoms with Crippen LogP contribution in [0, 0.1) is 16.7 Å². The van der Waals surface area contributed by atoms with Gasteiger partial charge in [-0.05, 0) is 127 Å². The Labute approximate surface area is 254 Å². The fourth-order valence-corrected chi connectivity index (χ4v) is 7.37. The number of nitrogens with one attached hydrogen (secondary N) is 1. The van der Waals surface area contributed by atoms with Crippen molar-refractivity contribution in [1.29, 1.82) is 0 Å². The largest absolute Gasteiger partial charge is 0.359 e. The third kappa shape index (κ3) is 6.07. The summed E-state index contributed by atoms with van der Waals surface area (Å²) < 4.78 is 0. The maximum atomic E-state index is 3.74. The van der Waals surface area contributed by atoms with Gasteiger partial charge in [0.2, 0.25) is 0 Å². The quantitative estimate of drug-likeness (QED) is 0.303. The molecule has 0 saturated heterocycles. The van der Waals surface area contributed by atoms with Crippen LogP contribution in [0.15, 0.2) is 113 Å². The maximum absolute atomic E-state index is 3.74. The number of allylic oxidation sites excluding steroid dienone is 11. The molecule has 0 heterocycles. The van der Waals surface area contributed by atoms with Gasteiger partial charge in [-0.15, -0.1) is 0 Å². The van der Waals surface area contributed by atoms with E-state index >= 15 is 0 Å². The normalized spacial score (nSPS) is 24.1. The van der Waals surface area contributed by atoms with Gasteiger partial charge < -0.3 is 5.32 Å². The van der Waals surface area contributed by atoms with Crippen molar-refractivity contribution in [2.75, 3.05) is 5.32 Å². The van der Waals surface area contributed by atoms with E-state index in [1.807, 2.05) is 0 Å². The van der Waals surface area contributed by atoms with E-state index in [9.17, 15) is 0 Å². The highest BCUT2D eigenvalue weighted by atomic mass is 14.9. The number of fused-ring (bicyclic) bond motifs is 1. The van der Waals surface area contributed by atoms with Crippen molar-refractivity contribution in [3.8, 4) is 11.1 Å². The van der Waals surface area contributed by atoms with Gasteiger partial charge in [0.05, 0.1) is 0 Å². The smallest absolute Gasteiger partial charge is 0.0388 e. The molecule has 2 aromatic carbocycles. The first-order valence-corrected chi connectivity index (χ1v) is 16.5. The predicted octanol–water partition coefficient (Wildman–Crippen LogP) is 12.0. The summed E-state index contributed by atoms with van der Waals surface area (Å²) >= 11 is 0. The fourth-order valence-electron chi connectivity index (χ4n) is 7.37. The summed E-state index contributed by atoms with van der Waals surface area (Å²) in [4.78, 5) is 0. The molecule has 42 heavy (non-hydrogen) atoms. The second-order valence-corrected chi connectivity index (χ2v) is 13.7. The summed E-state index contributed by atoms with van der Waals surface area (Å²) in [5.41, 5.74) is 13.3. The molecule has 1 N–H and O–H groups in total. The molecule has 6 rings (SSSR count). The zero-order valence-corrected chi connectivity index (χ0v) is 26.3. The van der Waals surface area contributed by atoms with Crippen molar-refractivity contribution >= 4 is 11.8 Å². The Morgan fingerprint density at radius 1 is 0.905 bits per heavy atom. The average Bonchev–Trinajstić information content (AvgIpc) is 3.01. The van der Waals surface area contributed by atoms with E-state index in [0.29, 0.717) is 10.8 Å². The van der Waals surface area contributed by atoms with Gasteiger partial charge in [-0.3, -0.25) is 0 Å². The maximum Gasteiger partial charge on any atom is 0.0388 e. The third-order valence-electron chi connectivity index (χ3n) is 11.2. The molecule has 4 aliphatic carbocycles. The highest BCUT2D eigenvalue weighted by molar-refractivity contribution is 5.72. The van der Waals surface area contributed by atoms with Gasteiger partial charge in [-0.1, -0.05) is 111 Å². The third-order valence-corrected chi connectivity index (χ3v) is 11.2. The highest BCUT2D eigenvalue weighted by Gasteiger charge is 2.35. The Kier molecular flexibility index (Phi) is 8.30. The van der Waals surface area contributed by atoms with E-state index in [1.165, 1.54) is 85.0 Å². The molecular weight excluding hydrogens is 506 g/mol. The Bertz CT molecular complexity index is 1500. The lowest BCUT2D eigenvalue weighted by Gasteiger charge is -2.41. The second kappa shape index (κ2) is 12.1. The molecule has 0 bridgehead atoms. The van der Waals surface area contributed by atoms with Crippen LogP contribution in [0.3, 0.4) is 0 Å². The summed E-state index contributed by atoms with van der Waals surface area (Å²) in [5.74, 6) is 0.836. The molecule has 2 unspecified atom stereocenters. The van der Waals surface area contributed by atoms with Crippen molar-refractivity contribution in [2.45, 2.75) is 91.9 Å². The standard InChI is InChI=1S/C41H49N/c1-5-40(3,6-2)37-23-25-41(4,26-24-37)36-19-21-38(22-20-36)42-39-12-8-11-34(29-39)33-10-7-9-30(27-33)13-14-31-15-16-32-17-18-35(32)28-31/h7-15,19,21,23,27-29,32,42H,5-6,16-18,20,22,24-26H2,1-4H3/b14-13+. The van der Waals surface area contributed by atoms with Crippen LogP contribution in [0.2, 0.25) is 0 Å². The number of benzene rings is 2. The van der Waals surface area contributed by atoms with E-state index in [0.717, 1.165) is 18.8 Å². The molecule has 1 heteroatoms. The minimum Gasteiger partial charge on any atom is -0.359 e. The topological polar surface area (TPSA) is 12.0 Å². The van der Waals surface area contributed by atoms with Gasteiger partial charge in [0.15, 0.2) is 0 Å². The molecule has 0 aliphatic heterocycles. The lowest BCUT2D eigenvalue weighted by Crippen LogP contribution is -2.27. The summed E-state index contributed by atoms with van der Waals surface area (Å²) in [6.07, 6.45) is 29.0. The van der Waals surface area contributed by atoms with E-state index in [1.54, 1.807) is 16.7 Å². The first-order chi connectivity index (χ1) is 20.4. The molecule has 0 amide bonds. The Morgan fingerprint density at radius 3 is 2.38 bits per heavy atom. The van der Waals surface area contributed by atoms with Crippen LogP contribution >= 0.6 is 0 Å². The van der Waals surface area contributed by atoms with Crippen LogP contribution in [0.4, 0.5) is 5.69 Å². The van der Waals surface area contributed by atoms with Gasteiger partial charge in [0.25, 0.3) is 0 Å². The van der Waals surface area contributed by atoms with E-state index in [4.69, 9.17) is 0 Å². The second-order valence-electron chi connectivity index (χ2n) is 13.7. The van der Waals surface area contributed by atoms with Crippen LogP contribution in [-0.2, 0) is 0 Å². The highest BCUT2D eigenvalue weighted by Crippen LogP contribution is 2.49. The van der Waals surface area contributed by atoms with Gasteiger partial charge >= 0.3 is 0 Å². The molecule has 1 nitrogen and oxygen atoms in total. The van der Waals surface area contributed by atoms with E-state index in [-0.39, 0.29) is 0 Å². The van der Waals surface area contributed by atoms with Crippen molar-refractivity contribution < 1.29 is 0 Å². The summed E-state index contributed by atoms with van der Waals surface area (Å²) in [6.45, 7) is 9.65. The van der Waals surface area contributed by atoms with Gasteiger partial charge in [0, 0.05) is 11.4 Å². The lowest BCUT2D eigenvalue weighted by molar-refractivity contribution is 0.288. The molecule has 0 spiro atoms. The van der Waals surface area contributed by atoms with Gasteiger partial charge in [-0.25, -0.2) is 0 Å². The Morgan fingerprint density at radius 2 is 1.71 bits per heavy atom. The SMILES string of the molecule is CCC(C)(CC)C1=CCC(C)(C2=CC=C(Nc3cccc(-c4cccc(/C=C/C5=CCC6CCC6=C5)c4)c3)CC2)CC1. The minimum atomic E-state index is 0.303. The molecule has 218 valence electrons. The molecule has 1 fully saturated rings. The van der Waals surface area contributed by atoms with Crippen LogP contribution in [0.25, 0.3) is 17.2 Å². The van der Waals surface area contributed by atoms with Crippen molar-refractivity contribution in [1.82, 2.24) is 0 Å². The molecule has 2 aromatic rings. The Balaban J connectivity index is 1.11. The number of rotatable bonds is 9. The van der Waals surface area contributed by atoms with Crippen LogP contribution < -0.4 is 5.32 Å². The molecule has 0 aromatic heterocycles. The van der Waals surface area contributed by atoms with E-state index < -0.39 is 0 Å². The summed E-state index contributed by atoms with van der Waals surface area (Å²) in [7, 11) is 0. The molecule has 4 aliphatic rings. The number of hydrogen-bond donors (Lipinski definition) is 1. The van der Waals surface area contributed by atoms with Crippen LogP contribution in [0.1, 0.15) is 97.5 Å². The zero-order chi connectivity index (χ0) is 29.2. The average molecular weight is 556 g/mol. The van der Waals surface area contributed by atoms with Crippen molar-refractivity contribution in [3.05, 3.63) is 119 Å². The van der Waals surface area contributed by atoms with Crippen LogP contribution in [0.5, 0.6) is 0 Å². The number of hydrogen-bond acceptors (Lipinski definition) is 1. The summed E-state index contributed by atoms with van der Waals surface area (Å²) in [6, 6.07) is 17.8. The molecule has 2 atom stereocenters. The zero-order valence-electron chi connectivity index (χ0n) is 26.3. The molecular formula is C41H49N. The van der Waals surface area contributed by atoms with Gasteiger partial charge in [0.1, 0.15) is 0 Å². The first-order valence-electron chi connectivity index (χ1n) is 16.5. The molecule has 1 saturated carbocycles. The van der Waals surface area contributed by atoms with Crippen molar-refractivity contribution in [2.24, 2.45) is 16.7 Å². The predicted molar refractivity (Wildman–Crippen MR) is 182 cm³/mol.